The summed E-state index contributed by atoms with van der Waals surface area (Å²) in [4.78, 5) is 34.1. The van der Waals surface area contributed by atoms with E-state index in [0.29, 0.717) is 11.6 Å². The van der Waals surface area contributed by atoms with Crippen molar-refractivity contribution in [3.05, 3.63) is 53.1 Å². The zero-order valence-corrected chi connectivity index (χ0v) is 22.9. The lowest BCUT2D eigenvalue weighted by Gasteiger charge is -2.25. The van der Waals surface area contributed by atoms with E-state index in [9.17, 15) is 22.8 Å². The molecule has 2 aromatic rings. The van der Waals surface area contributed by atoms with Gasteiger partial charge in [0.2, 0.25) is 16.9 Å². The minimum absolute atomic E-state index is 0.00763. The Balaban J connectivity index is 0.000000673. The summed E-state index contributed by atoms with van der Waals surface area (Å²) in [6.07, 6.45) is 2.67. The number of amides is 2. The first-order valence-electron chi connectivity index (χ1n) is 12.5. The van der Waals surface area contributed by atoms with Gasteiger partial charge in [0.15, 0.2) is 0 Å². The van der Waals surface area contributed by atoms with Gasteiger partial charge in [-0.05, 0) is 37.8 Å². The lowest BCUT2D eigenvalue weighted by atomic mass is 9.98. The van der Waals surface area contributed by atoms with Crippen molar-refractivity contribution in [2.24, 2.45) is 0 Å². The summed E-state index contributed by atoms with van der Waals surface area (Å²) in [5.41, 5.74) is 1.08. The van der Waals surface area contributed by atoms with E-state index < -0.39 is 12.1 Å². The molecule has 1 aliphatic rings. The highest BCUT2D eigenvalue weighted by Crippen LogP contribution is 2.27. The molecule has 1 aromatic heterocycles. The fourth-order valence-electron chi connectivity index (χ4n) is 3.47. The lowest BCUT2D eigenvalue weighted by Crippen LogP contribution is -2.49. The van der Waals surface area contributed by atoms with Crippen molar-refractivity contribution in [3.8, 4) is 0 Å². The van der Waals surface area contributed by atoms with E-state index in [-0.39, 0.29) is 29.3 Å². The maximum absolute atomic E-state index is 12.7. The zero-order chi connectivity index (χ0) is 29.1. The first kappa shape index (κ1) is 31.9. The molecule has 1 aliphatic heterocycles. The van der Waals surface area contributed by atoms with Crippen molar-refractivity contribution in [2.45, 2.75) is 76.6 Å². The number of halogens is 3. The van der Waals surface area contributed by atoms with Crippen molar-refractivity contribution in [1.29, 1.82) is 0 Å². The first-order valence-corrected chi connectivity index (χ1v) is 13.3. The number of aromatic nitrogens is 2. The van der Waals surface area contributed by atoms with E-state index in [2.05, 4.69) is 59.1 Å². The quantitative estimate of drug-likeness (QED) is 0.350. The third kappa shape index (κ3) is 11.9. The van der Waals surface area contributed by atoms with Crippen molar-refractivity contribution in [2.75, 3.05) is 11.9 Å². The van der Waals surface area contributed by atoms with Gasteiger partial charge in [0.1, 0.15) is 5.01 Å². The molecule has 0 saturated carbocycles. The molecular weight excluding hydrogens is 535 g/mol. The molecule has 2 heterocycles. The first-order chi connectivity index (χ1) is 18.3. The number of carboxylic acid groups (broad SMARTS) is 1. The van der Waals surface area contributed by atoms with Gasteiger partial charge < -0.3 is 15.7 Å². The molecule has 0 aliphatic carbocycles. The predicted molar refractivity (Wildman–Crippen MR) is 142 cm³/mol. The Kier molecular flexibility index (Phi) is 12.0. The topological polar surface area (TPSA) is 133 Å². The van der Waals surface area contributed by atoms with Crippen molar-refractivity contribution in [1.82, 2.24) is 20.8 Å². The van der Waals surface area contributed by atoms with Crippen LogP contribution in [0.2, 0.25) is 0 Å². The number of nitrogens with one attached hydrogen (secondary N) is 3. The van der Waals surface area contributed by atoms with Crippen LogP contribution in [0.15, 0.2) is 42.5 Å². The van der Waals surface area contributed by atoms with Crippen LogP contribution < -0.4 is 16.0 Å². The molecule has 13 heteroatoms. The lowest BCUT2D eigenvalue weighted by molar-refractivity contribution is -0.192. The number of rotatable bonds is 8. The second-order valence-electron chi connectivity index (χ2n) is 9.96. The number of alkyl halides is 3. The molecule has 0 unspecified atom stereocenters. The SMILES string of the molecule is CC(C)(C)c1nnc(NC(=O)/C=C/[C@H](CCc2ccccc2)NC(=O)[C@@H]2CCCCN2)s1.O=C(O)C(F)(F)F. The van der Waals surface area contributed by atoms with Crippen molar-refractivity contribution >= 4 is 34.3 Å². The standard InChI is InChI=1S/C24H33N5O2S.C2HF3O2/c1-24(2,3)22-28-29-23(32-22)27-20(30)15-14-18(13-12-17-9-5-4-6-10-17)26-21(31)19-11-7-8-16-25-19;3-2(4,5)1(6)7/h4-6,9-10,14-15,18-19,25H,7-8,11-13,16H2,1-3H3,(H,26,31)(H,27,29,30);(H,6,7)/b15-14+;/t18-,19-;/m0./s1. The molecule has 0 radical (unpaired) electrons. The molecule has 2 atom stereocenters. The van der Waals surface area contributed by atoms with E-state index in [0.717, 1.165) is 37.2 Å². The maximum atomic E-state index is 12.7. The van der Waals surface area contributed by atoms with Gasteiger partial charge in [0, 0.05) is 17.5 Å². The Hall–Kier alpha value is -3.32. The Bertz CT molecular complexity index is 1110. The molecule has 1 aromatic carbocycles. The van der Waals surface area contributed by atoms with E-state index in [4.69, 9.17) is 9.90 Å². The second-order valence-corrected chi connectivity index (χ2v) is 10.9. The number of carbonyl (C=O) groups excluding carboxylic acids is 2. The average Bonchev–Trinajstić information content (AvgIpc) is 3.35. The molecular formula is C26H34F3N5O4S. The highest BCUT2D eigenvalue weighted by atomic mass is 32.1. The second kappa shape index (κ2) is 14.7. The van der Waals surface area contributed by atoms with Crippen LogP contribution in [0.1, 0.15) is 57.0 Å². The van der Waals surface area contributed by atoms with Crippen LogP contribution in [-0.4, -0.2) is 57.9 Å². The molecule has 4 N–H and O–H groups in total. The molecule has 9 nitrogen and oxygen atoms in total. The van der Waals surface area contributed by atoms with Gasteiger partial charge in [-0.2, -0.15) is 13.2 Å². The summed E-state index contributed by atoms with van der Waals surface area (Å²) in [7, 11) is 0. The molecule has 0 spiro atoms. The minimum Gasteiger partial charge on any atom is -0.475 e. The van der Waals surface area contributed by atoms with Gasteiger partial charge in [0.05, 0.1) is 6.04 Å². The van der Waals surface area contributed by atoms with Crippen LogP contribution >= 0.6 is 11.3 Å². The summed E-state index contributed by atoms with van der Waals surface area (Å²) in [5.74, 6) is -3.05. The predicted octanol–water partition coefficient (Wildman–Crippen LogP) is 4.22. The van der Waals surface area contributed by atoms with Crippen LogP contribution in [0.3, 0.4) is 0 Å². The number of nitrogens with zero attached hydrogens (tertiary/aromatic N) is 2. The number of carbonyl (C=O) groups is 3. The van der Waals surface area contributed by atoms with Crippen LogP contribution in [0, 0.1) is 0 Å². The molecule has 214 valence electrons. The number of aryl methyl sites for hydroxylation is 1. The van der Waals surface area contributed by atoms with Gasteiger partial charge in [-0.15, -0.1) is 10.2 Å². The Labute approximate surface area is 229 Å². The normalized spacial score (nSPS) is 16.6. The number of aliphatic carboxylic acids is 1. The summed E-state index contributed by atoms with van der Waals surface area (Å²) in [6.45, 7) is 7.03. The monoisotopic (exact) mass is 569 g/mol. The van der Waals surface area contributed by atoms with Gasteiger partial charge in [0.25, 0.3) is 0 Å². The summed E-state index contributed by atoms with van der Waals surface area (Å²) >= 11 is 1.37. The molecule has 0 bridgehead atoms. The zero-order valence-electron chi connectivity index (χ0n) is 22.0. The van der Waals surface area contributed by atoms with Crippen LogP contribution in [0.25, 0.3) is 0 Å². The van der Waals surface area contributed by atoms with Crippen molar-refractivity contribution < 1.29 is 32.7 Å². The smallest absolute Gasteiger partial charge is 0.475 e. The summed E-state index contributed by atoms with van der Waals surface area (Å²) in [5, 5.41) is 25.8. The molecule has 2 amide bonds. The number of anilines is 1. The van der Waals surface area contributed by atoms with Gasteiger partial charge in [-0.3, -0.25) is 14.9 Å². The number of piperidine rings is 1. The fourth-order valence-corrected chi connectivity index (χ4v) is 4.27. The summed E-state index contributed by atoms with van der Waals surface area (Å²) < 4.78 is 31.7. The third-order valence-corrected chi connectivity index (χ3v) is 6.82. The molecule has 1 fully saturated rings. The number of hydrogen-bond acceptors (Lipinski definition) is 7. The third-order valence-electron chi connectivity index (χ3n) is 5.56. The maximum Gasteiger partial charge on any atom is 0.490 e. The van der Waals surface area contributed by atoms with Gasteiger partial charge in [-0.1, -0.05) is 74.9 Å². The van der Waals surface area contributed by atoms with Crippen LogP contribution in [0.5, 0.6) is 0 Å². The number of carboxylic acids is 1. The van der Waals surface area contributed by atoms with Crippen LogP contribution in [0.4, 0.5) is 18.3 Å². The number of hydrogen-bond donors (Lipinski definition) is 4. The van der Waals surface area contributed by atoms with E-state index in [1.54, 1.807) is 6.08 Å². The molecule has 39 heavy (non-hydrogen) atoms. The van der Waals surface area contributed by atoms with Crippen molar-refractivity contribution in [3.63, 3.8) is 0 Å². The summed E-state index contributed by atoms with van der Waals surface area (Å²) in [6, 6.07) is 9.73. The van der Waals surface area contributed by atoms with E-state index in [1.165, 1.54) is 23.0 Å². The highest BCUT2D eigenvalue weighted by molar-refractivity contribution is 7.15. The number of benzene rings is 1. The van der Waals surface area contributed by atoms with E-state index >= 15 is 0 Å². The highest BCUT2D eigenvalue weighted by Gasteiger charge is 2.38. The fraction of sp³-hybridized carbons (Fsp3) is 0.500. The van der Waals surface area contributed by atoms with Gasteiger partial charge in [-0.25, -0.2) is 4.79 Å². The largest absolute Gasteiger partial charge is 0.490 e. The van der Waals surface area contributed by atoms with E-state index in [1.807, 2.05) is 18.2 Å². The Morgan fingerprint density at radius 2 is 1.82 bits per heavy atom. The minimum atomic E-state index is -5.08. The Morgan fingerprint density at radius 1 is 1.15 bits per heavy atom. The van der Waals surface area contributed by atoms with Gasteiger partial charge >= 0.3 is 12.1 Å². The molecule has 1 saturated heterocycles. The molecule has 3 rings (SSSR count). The van der Waals surface area contributed by atoms with Crippen LogP contribution in [-0.2, 0) is 26.2 Å². The Morgan fingerprint density at radius 3 is 2.36 bits per heavy atom. The average molecular weight is 570 g/mol.